The summed E-state index contributed by atoms with van der Waals surface area (Å²) in [5.41, 5.74) is 0.480. The summed E-state index contributed by atoms with van der Waals surface area (Å²) < 4.78 is 10.2. The summed E-state index contributed by atoms with van der Waals surface area (Å²) >= 11 is 1.35. The molecule has 2 rings (SSSR count). The Morgan fingerprint density at radius 3 is 1.92 bits per heavy atom. The van der Waals surface area contributed by atoms with E-state index in [9.17, 15) is 14.7 Å². The molecule has 0 aliphatic carbocycles. The largest absolute Gasteiger partial charge is 0.497 e. The SMILES string of the molecule is COc1ccc(SC(C)C(=O)NC(C(=O)O)c2ccc(OC)cc2)cc1. The second-order valence-corrected chi connectivity index (χ2v) is 6.90. The number of benzene rings is 2. The van der Waals surface area contributed by atoms with Crippen LogP contribution in [-0.2, 0) is 9.59 Å². The van der Waals surface area contributed by atoms with Gasteiger partial charge < -0.3 is 19.9 Å². The van der Waals surface area contributed by atoms with Gasteiger partial charge in [0.15, 0.2) is 6.04 Å². The number of thioether (sulfide) groups is 1. The van der Waals surface area contributed by atoms with Crippen LogP contribution in [0.4, 0.5) is 0 Å². The van der Waals surface area contributed by atoms with Crippen LogP contribution in [0, 0.1) is 0 Å². The highest BCUT2D eigenvalue weighted by Crippen LogP contribution is 2.26. The number of carboxylic acid groups (broad SMARTS) is 1. The van der Waals surface area contributed by atoms with Crippen LogP contribution in [0.1, 0.15) is 18.5 Å². The van der Waals surface area contributed by atoms with Crippen LogP contribution < -0.4 is 14.8 Å². The molecule has 0 heterocycles. The van der Waals surface area contributed by atoms with Crippen molar-refractivity contribution in [1.82, 2.24) is 5.32 Å². The van der Waals surface area contributed by atoms with Crippen molar-refractivity contribution < 1.29 is 24.2 Å². The van der Waals surface area contributed by atoms with Gasteiger partial charge in [0.2, 0.25) is 5.91 Å². The summed E-state index contributed by atoms with van der Waals surface area (Å²) in [6.07, 6.45) is 0. The van der Waals surface area contributed by atoms with Crippen molar-refractivity contribution in [2.24, 2.45) is 0 Å². The lowest BCUT2D eigenvalue weighted by atomic mass is 10.1. The van der Waals surface area contributed by atoms with Crippen LogP contribution in [-0.4, -0.2) is 36.5 Å². The summed E-state index contributed by atoms with van der Waals surface area (Å²) in [6, 6.07) is 12.8. The quantitative estimate of drug-likeness (QED) is 0.690. The molecule has 7 heteroatoms. The van der Waals surface area contributed by atoms with Gasteiger partial charge in [-0.25, -0.2) is 4.79 Å². The predicted molar refractivity (Wildman–Crippen MR) is 99.8 cm³/mol. The summed E-state index contributed by atoms with van der Waals surface area (Å²) in [6.45, 7) is 1.73. The van der Waals surface area contributed by atoms with Crippen LogP contribution >= 0.6 is 11.8 Å². The van der Waals surface area contributed by atoms with E-state index in [4.69, 9.17) is 9.47 Å². The molecule has 26 heavy (non-hydrogen) atoms. The van der Waals surface area contributed by atoms with Gasteiger partial charge in [0.25, 0.3) is 0 Å². The predicted octanol–water partition coefficient (Wildman–Crippen LogP) is 3.13. The topological polar surface area (TPSA) is 84.9 Å². The minimum atomic E-state index is -1.12. The van der Waals surface area contributed by atoms with Gasteiger partial charge in [-0.3, -0.25) is 4.79 Å². The third kappa shape index (κ3) is 5.16. The van der Waals surface area contributed by atoms with Crippen molar-refractivity contribution >= 4 is 23.6 Å². The third-order valence-electron chi connectivity index (χ3n) is 3.72. The van der Waals surface area contributed by atoms with Gasteiger partial charge in [-0.15, -0.1) is 11.8 Å². The van der Waals surface area contributed by atoms with Crippen molar-refractivity contribution in [2.45, 2.75) is 23.1 Å². The molecule has 0 radical (unpaired) electrons. The highest BCUT2D eigenvalue weighted by molar-refractivity contribution is 8.00. The Bertz CT molecular complexity index is 746. The van der Waals surface area contributed by atoms with Crippen LogP contribution in [0.2, 0.25) is 0 Å². The molecule has 0 bridgehead atoms. The maximum absolute atomic E-state index is 12.4. The van der Waals surface area contributed by atoms with Crippen LogP contribution in [0.5, 0.6) is 11.5 Å². The normalized spacial score (nSPS) is 12.7. The van der Waals surface area contributed by atoms with E-state index in [0.29, 0.717) is 11.3 Å². The Labute approximate surface area is 156 Å². The van der Waals surface area contributed by atoms with Crippen LogP contribution in [0.3, 0.4) is 0 Å². The number of ether oxygens (including phenoxy) is 2. The fourth-order valence-electron chi connectivity index (χ4n) is 2.26. The molecule has 1 amide bonds. The number of hydrogen-bond acceptors (Lipinski definition) is 5. The first-order valence-corrected chi connectivity index (χ1v) is 8.80. The highest BCUT2D eigenvalue weighted by Gasteiger charge is 2.25. The lowest BCUT2D eigenvalue weighted by Crippen LogP contribution is -2.38. The molecule has 0 aromatic heterocycles. The van der Waals surface area contributed by atoms with E-state index in [1.807, 2.05) is 24.3 Å². The van der Waals surface area contributed by atoms with E-state index in [0.717, 1.165) is 10.6 Å². The number of amides is 1. The number of nitrogens with one attached hydrogen (secondary N) is 1. The van der Waals surface area contributed by atoms with Crippen molar-refractivity contribution in [2.75, 3.05) is 14.2 Å². The molecular weight excluding hydrogens is 354 g/mol. The maximum atomic E-state index is 12.4. The van der Waals surface area contributed by atoms with E-state index < -0.39 is 17.3 Å². The van der Waals surface area contributed by atoms with Gasteiger partial charge in [0, 0.05) is 4.90 Å². The summed E-state index contributed by atoms with van der Waals surface area (Å²) in [4.78, 5) is 24.9. The van der Waals surface area contributed by atoms with E-state index in [2.05, 4.69) is 5.32 Å². The molecular formula is C19H21NO5S. The maximum Gasteiger partial charge on any atom is 0.330 e. The molecule has 6 nitrogen and oxygen atoms in total. The first kappa shape index (κ1) is 19.7. The zero-order chi connectivity index (χ0) is 19.1. The first-order chi connectivity index (χ1) is 12.4. The van der Waals surface area contributed by atoms with Crippen molar-refractivity contribution in [1.29, 1.82) is 0 Å². The van der Waals surface area contributed by atoms with Gasteiger partial charge in [-0.2, -0.15) is 0 Å². The molecule has 0 spiro atoms. The van der Waals surface area contributed by atoms with E-state index in [1.54, 1.807) is 38.3 Å². The van der Waals surface area contributed by atoms with E-state index in [-0.39, 0.29) is 5.91 Å². The Kier molecular flexibility index (Phi) is 6.91. The standard InChI is InChI=1S/C19H21NO5S/c1-12(26-16-10-8-15(25-3)9-11-16)18(21)20-17(19(22)23)13-4-6-14(24-2)7-5-13/h4-12,17H,1-3H3,(H,20,21)(H,22,23). The van der Waals surface area contributed by atoms with Crippen LogP contribution in [0.15, 0.2) is 53.4 Å². The molecule has 0 aliphatic heterocycles. The average Bonchev–Trinajstić information content (AvgIpc) is 2.66. The fourth-order valence-corrected chi connectivity index (χ4v) is 3.13. The molecule has 138 valence electrons. The lowest BCUT2D eigenvalue weighted by molar-refractivity contribution is -0.141. The minimum Gasteiger partial charge on any atom is -0.497 e. The van der Waals surface area contributed by atoms with Crippen molar-refractivity contribution in [3.63, 3.8) is 0 Å². The number of carbonyl (C=O) groups is 2. The Morgan fingerprint density at radius 1 is 0.962 bits per heavy atom. The van der Waals surface area contributed by atoms with Gasteiger partial charge in [0.1, 0.15) is 11.5 Å². The second-order valence-electron chi connectivity index (χ2n) is 5.49. The fraction of sp³-hybridized carbons (Fsp3) is 0.263. The molecule has 2 atom stereocenters. The van der Waals surface area contributed by atoms with Gasteiger partial charge >= 0.3 is 5.97 Å². The monoisotopic (exact) mass is 375 g/mol. The van der Waals surface area contributed by atoms with E-state index in [1.165, 1.54) is 18.9 Å². The van der Waals surface area contributed by atoms with Gasteiger partial charge in [-0.05, 0) is 48.9 Å². The summed E-state index contributed by atoms with van der Waals surface area (Å²) in [5.74, 6) is -0.122. The Morgan fingerprint density at radius 2 is 1.46 bits per heavy atom. The number of hydrogen-bond donors (Lipinski definition) is 2. The molecule has 2 N–H and O–H groups in total. The zero-order valence-corrected chi connectivity index (χ0v) is 15.6. The van der Waals surface area contributed by atoms with Crippen molar-refractivity contribution in [3.8, 4) is 11.5 Å². The molecule has 0 aliphatic rings. The second kappa shape index (κ2) is 9.15. The molecule has 0 saturated heterocycles. The average molecular weight is 375 g/mol. The first-order valence-electron chi connectivity index (χ1n) is 7.92. The van der Waals surface area contributed by atoms with Gasteiger partial charge in [0.05, 0.1) is 19.5 Å². The number of methoxy groups -OCH3 is 2. The summed E-state index contributed by atoms with van der Waals surface area (Å²) in [5, 5.41) is 11.6. The Balaban J connectivity index is 2.04. The van der Waals surface area contributed by atoms with Gasteiger partial charge in [-0.1, -0.05) is 12.1 Å². The van der Waals surface area contributed by atoms with Crippen molar-refractivity contribution in [3.05, 3.63) is 54.1 Å². The number of carbonyl (C=O) groups excluding carboxylic acids is 1. The molecule has 0 fully saturated rings. The van der Waals surface area contributed by atoms with Crippen LogP contribution in [0.25, 0.3) is 0 Å². The molecule has 2 unspecified atom stereocenters. The lowest BCUT2D eigenvalue weighted by Gasteiger charge is -2.18. The molecule has 2 aromatic rings. The third-order valence-corrected chi connectivity index (χ3v) is 4.84. The minimum absolute atomic E-state index is 0.353. The number of aliphatic carboxylic acids is 1. The highest BCUT2D eigenvalue weighted by atomic mass is 32.2. The zero-order valence-electron chi connectivity index (χ0n) is 14.8. The number of rotatable bonds is 8. The molecule has 2 aromatic carbocycles. The number of carboxylic acids is 1. The summed E-state index contributed by atoms with van der Waals surface area (Å²) in [7, 11) is 3.12. The smallest absolute Gasteiger partial charge is 0.330 e. The molecule has 0 saturated carbocycles. The van der Waals surface area contributed by atoms with E-state index >= 15 is 0 Å². The Hall–Kier alpha value is -2.67.